The first kappa shape index (κ1) is 18.3. The summed E-state index contributed by atoms with van der Waals surface area (Å²) >= 11 is 5.97. The van der Waals surface area contributed by atoms with Gasteiger partial charge in [0.25, 0.3) is 5.91 Å². The Morgan fingerprint density at radius 3 is 2.69 bits per heavy atom. The van der Waals surface area contributed by atoms with Crippen molar-refractivity contribution in [3.63, 3.8) is 0 Å². The molecule has 3 rings (SSSR count). The molecule has 1 aromatic carbocycles. The number of carbonyl (C=O) groups is 2. The number of halogens is 2. The minimum absolute atomic E-state index is 0.0132. The predicted octanol–water partition coefficient (Wildman–Crippen LogP) is 3.04. The fraction of sp³-hybridized carbons (Fsp3) is 0.316. The minimum atomic E-state index is -0.476. The number of likely N-dealkylation sites (tertiary alicyclic amines) is 1. The first-order chi connectivity index (χ1) is 12.5. The van der Waals surface area contributed by atoms with Crippen LogP contribution in [0, 0.1) is 11.7 Å². The van der Waals surface area contributed by atoms with Crippen LogP contribution in [0.1, 0.15) is 28.8 Å². The SMILES string of the molecule is O=C(NCc1cccnc1)C1CCN(C(=O)c2ccc(F)cc2Cl)CC1. The van der Waals surface area contributed by atoms with Crippen LogP contribution in [0.15, 0.2) is 42.7 Å². The summed E-state index contributed by atoms with van der Waals surface area (Å²) in [6, 6.07) is 7.48. The van der Waals surface area contributed by atoms with Crippen LogP contribution in [0.2, 0.25) is 5.02 Å². The molecule has 1 aromatic heterocycles. The van der Waals surface area contributed by atoms with Crippen molar-refractivity contribution in [2.24, 2.45) is 5.92 Å². The summed E-state index contributed by atoms with van der Waals surface area (Å²) in [5, 5.41) is 3.02. The third kappa shape index (κ3) is 4.38. The summed E-state index contributed by atoms with van der Waals surface area (Å²) in [5.41, 5.74) is 1.23. The van der Waals surface area contributed by atoms with Crippen molar-refractivity contribution < 1.29 is 14.0 Å². The molecule has 26 heavy (non-hydrogen) atoms. The number of amides is 2. The highest BCUT2D eigenvalue weighted by Crippen LogP contribution is 2.23. The summed E-state index contributed by atoms with van der Waals surface area (Å²) in [7, 11) is 0. The summed E-state index contributed by atoms with van der Waals surface area (Å²) in [4.78, 5) is 30.5. The van der Waals surface area contributed by atoms with E-state index in [9.17, 15) is 14.0 Å². The van der Waals surface area contributed by atoms with E-state index in [0.29, 0.717) is 32.5 Å². The van der Waals surface area contributed by atoms with E-state index in [-0.39, 0.29) is 28.3 Å². The zero-order chi connectivity index (χ0) is 18.5. The van der Waals surface area contributed by atoms with Gasteiger partial charge in [0, 0.05) is 37.9 Å². The van der Waals surface area contributed by atoms with Crippen LogP contribution >= 0.6 is 11.6 Å². The van der Waals surface area contributed by atoms with Gasteiger partial charge in [-0.2, -0.15) is 0 Å². The molecular formula is C19H19ClFN3O2. The van der Waals surface area contributed by atoms with Crippen molar-refractivity contribution >= 4 is 23.4 Å². The molecule has 2 heterocycles. The van der Waals surface area contributed by atoms with Crippen LogP contribution in [0.3, 0.4) is 0 Å². The number of benzene rings is 1. The van der Waals surface area contributed by atoms with Crippen molar-refractivity contribution in [3.05, 3.63) is 64.7 Å². The quantitative estimate of drug-likeness (QED) is 0.893. The monoisotopic (exact) mass is 375 g/mol. The Labute approximate surface area is 156 Å². The molecule has 1 aliphatic heterocycles. The fourth-order valence-electron chi connectivity index (χ4n) is 3.01. The van der Waals surface area contributed by atoms with Crippen molar-refractivity contribution in [2.75, 3.05) is 13.1 Å². The van der Waals surface area contributed by atoms with Crippen LogP contribution in [0.25, 0.3) is 0 Å². The first-order valence-electron chi connectivity index (χ1n) is 8.45. The Hall–Kier alpha value is -2.47. The maximum atomic E-state index is 13.1. The van der Waals surface area contributed by atoms with Crippen LogP contribution in [0.4, 0.5) is 4.39 Å². The Balaban J connectivity index is 1.52. The Morgan fingerprint density at radius 2 is 2.04 bits per heavy atom. The molecule has 136 valence electrons. The van der Waals surface area contributed by atoms with Crippen molar-refractivity contribution in [3.8, 4) is 0 Å². The second kappa shape index (κ2) is 8.27. The molecule has 0 atom stereocenters. The lowest BCUT2D eigenvalue weighted by atomic mass is 9.95. The smallest absolute Gasteiger partial charge is 0.255 e. The molecule has 0 radical (unpaired) electrons. The Kier molecular flexibility index (Phi) is 5.83. The molecule has 2 amide bonds. The van der Waals surface area contributed by atoms with Gasteiger partial charge in [-0.15, -0.1) is 0 Å². The lowest BCUT2D eigenvalue weighted by Gasteiger charge is -2.31. The number of rotatable bonds is 4. The number of pyridine rings is 1. The second-order valence-corrected chi connectivity index (χ2v) is 6.68. The van der Waals surface area contributed by atoms with Crippen LogP contribution < -0.4 is 5.32 Å². The van der Waals surface area contributed by atoms with Crippen molar-refractivity contribution in [1.29, 1.82) is 0 Å². The summed E-state index contributed by atoms with van der Waals surface area (Å²) in [5.74, 6) is -0.847. The van der Waals surface area contributed by atoms with Crippen LogP contribution in [0.5, 0.6) is 0 Å². The van der Waals surface area contributed by atoms with E-state index in [1.165, 1.54) is 12.1 Å². The first-order valence-corrected chi connectivity index (χ1v) is 8.83. The summed E-state index contributed by atoms with van der Waals surface area (Å²) in [6.45, 7) is 1.38. The molecule has 1 aliphatic rings. The van der Waals surface area contributed by atoms with E-state index < -0.39 is 5.82 Å². The molecule has 2 aromatic rings. The highest BCUT2D eigenvalue weighted by atomic mass is 35.5. The number of piperidine rings is 1. The van der Waals surface area contributed by atoms with E-state index >= 15 is 0 Å². The average molecular weight is 376 g/mol. The maximum absolute atomic E-state index is 13.1. The second-order valence-electron chi connectivity index (χ2n) is 6.27. The van der Waals surface area contributed by atoms with E-state index in [2.05, 4.69) is 10.3 Å². The van der Waals surface area contributed by atoms with E-state index in [0.717, 1.165) is 11.6 Å². The molecule has 0 bridgehead atoms. The predicted molar refractivity (Wildman–Crippen MR) is 96.1 cm³/mol. The van der Waals surface area contributed by atoms with Gasteiger partial charge in [0.2, 0.25) is 5.91 Å². The Morgan fingerprint density at radius 1 is 1.27 bits per heavy atom. The number of nitrogens with zero attached hydrogens (tertiary/aromatic N) is 2. The minimum Gasteiger partial charge on any atom is -0.352 e. The van der Waals surface area contributed by atoms with Gasteiger partial charge in [-0.05, 0) is 42.7 Å². The average Bonchev–Trinajstić information content (AvgIpc) is 2.66. The number of aromatic nitrogens is 1. The molecule has 0 saturated carbocycles. The lowest BCUT2D eigenvalue weighted by Crippen LogP contribution is -2.43. The highest BCUT2D eigenvalue weighted by Gasteiger charge is 2.28. The zero-order valence-corrected chi connectivity index (χ0v) is 14.9. The largest absolute Gasteiger partial charge is 0.352 e. The number of hydrogen-bond acceptors (Lipinski definition) is 3. The number of nitrogens with one attached hydrogen (secondary N) is 1. The molecule has 7 heteroatoms. The topological polar surface area (TPSA) is 62.3 Å². The van der Waals surface area contributed by atoms with Crippen molar-refractivity contribution in [2.45, 2.75) is 19.4 Å². The van der Waals surface area contributed by atoms with Gasteiger partial charge in [0.15, 0.2) is 0 Å². The van der Waals surface area contributed by atoms with Crippen LogP contribution in [-0.2, 0) is 11.3 Å². The van der Waals surface area contributed by atoms with Gasteiger partial charge >= 0.3 is 0 Å². The number of carbonyl (C=O) groups excluding carboxylic acids is 2. The molecule has 5 nitrogen and oxygen atoms in total. The highest BCUT2D eigenvalue weighted by molar-refractivity contribution is 6.33. The molecule has 1 fully saturated rings. The van der Waals surface area contributed by atoms with Crippen molar-refractivity contribution in [1.82, 2.24) is 15.2 Å². The normalized spacial score (nSPS) is 14.9. The lowest BCUT2D eigenvalue weighted by molar-refractivity contribution is -0.126. The van der Waals surface area contributed by atoms with E-state index in [1.807, 2.05) is 12.1 Å². The van der Waals surface area contributed by atoms with Gasteiger partial charge in [0.1, 0.15) is 5.82 Å². The number of hydrogen-bond donors (Lipinski definition) is 1. The molecule has 0 unspecified atom stereocenters. The van der Waals surface area contributed by atoms with Gasteiger partial charge in [-0.25, -0.2) is 4.39 Å². The van der Waals surface area contributed by atoms with E-state index in [1.54, 1.807) is 17.3 Å². The molecule has 0 spiro atoms. The molecule has 1 N–H and O–H groups in total. The molecular weight excluding hydrogens is 357 g/mol. The molecule has 1 saturated heterocycles. The molecule has 0 aliphatic carbocycles. The van der Waals surface area contributed by atoms with Gasteiger partial charge in [-0.3, -0.25) is 14.6 Å². The third-order valence-electron chi connectivity index (χ3n) is 4.50. The van der Waals surface area contributed by atoms with Gasteiger partial charge in [-0.1, -0.05) is 17.7 Å². The summed E-state index contributed by atoms with van der Waals surface area (Å²) in [6.07, 6.45) is 4.58. The van der Waals surface area contributed by atoms with Crippen LogP contribution in [-0.4, -0.2) is 34.8 Å². The Bertz CT molecular complexity index is 793. The maximum Gasteiger partial charge on any atom is 0.255 e. The standard InChI is InChI=1S/C19H19ClFN3O2/c20-17-10-15(21)3-4-16(17)19(26)24-8-5-14(6-9-24)18(25)23-12-13-2-1-7-22-11-13/h1-4,7,10-11,14H,5-6,8-9,12H2,(H,23,25). The van der Waals surface area contributed by atoms with Gasteiger partial charge < -0.3 is 10.2 Å². The summed E-state index contributed by atoms with van der Waals surface area (Å²) < 4.78 is 13.1. The van der Waals surface area contributed by atoms with Gasteiger partial charge in [0.05, 0.1) is 10.6 Å². The third-order valence-corrected chi connectivity index (χ3v) is 4.82. The zero-order valence-electron chi connectivity index (χ0n) is 14.1. The fourth-order valence-corrected chi connectivity index (χ4v) is 3.26. The van der Waals surface area contributed by atoms with E-state index in [4.69, 9.17) is 11.6 Å².